The summed E-state index contributed by atoms with van der Waals surface area (Å²) in [6.45, 7) is 85.8. The average Bonchev–Trinajstić information content (AvgIpc) is 0.820. The average molecular weight is 1510 g/mol. The third-order valence-corrected chi connectivity index (χ3v) is 22.0. The second-order valence-electron chi connectivity index (χ2n) is 34.8. The van der Waals surface area contributed by atoms with Gasteiger partial charge in [-0.25, -0.2) is 13.2 Å². The molecule has 0 heterocycles. The summed E-state index contributed by atoms with van der Waals surface area (Å²) in [5.41, 5.74) is 38.4. The minimum absolute atomic E-state index is 0.0271. The fourth-order valence-corrected chi connectivity index (χ4v) is 12.5. The summed E-state index contributed by atoms with van der Waals surface area (Å²) in [4.78, 5) is 0. The molecule has 0 unspecified atom stereocenters. The molecule has 9 rings (SSSR count). The normalized spacial score (nSPS) is 11.1. The predicted molar refractivity (Wildman–Crippen MR) is 474 cm³/mol. The Morgan fingerprint density at radius 2 is 0.409 bits per heavy atom. The number of halogens is 6. The topological polar surface area (TPSA) is 0 Å². The Hall–Kier alpha value is -7.44. The lowest BCUT2D eigenvalue weighted by Gasteiger charge is -2.20. The monoisotopic (exact) mass is 1510 g/mol. The van der Waals surface area contributed by atoms with Gasteiger partial charge in [0.05, 0.1) is 5.56 Å². The second-order valence-corrected chi connectivity index (χ2v) is 34.8. The van der Waals surface area contributed by atoms with Crippen LogP contribution >= 0.6 is 0 Å². The molecule has 6 heteroatoms. The van der Waals surface area contributed by atoms with Gasteiger partial charge < -0.3 is 0 Å². The van der Waals surface area contributed by atoms with E-state index in [-0.39, 0.29) is 28.8 Å². The summed E-state index contributed by atoms with van der Waals surface area (Å²) in [6.07, 6.45) is -4.25. The maximum atomic E-state index is 13.4. The van der Waals surface area contributed by atoms with Crippen molar-refractivity contribution in [3.63, 3.8) is 0 Å². The zero-order valence-electron chi connectivity index (χ0n) is 76.7. The first-order chi connectivity index (χ1) is 50.3. The van der Waals surface area contributed by atoms with E-state index in [1.165, 1.54) is 124 Å². The van der Waals surface area contributed by atoms with Crippen LogP contribution in [0.25, 0.3) is 0 Å². The van der Waals surface area contributed by atoms with Crippen LogP contribution in [0.15, 0.2) is 109 Å². The number of rotatable bonds is 7. The highest BCUT2D eigenvalue weighted by Crippen LogP contribution is 2.36. The van der Waals surface area contributed by atoms with Gasteiger partial charge in [-0.1, -0.05) is 219 Å². The van der Waals surface area contributed by atoms with Crippen molar-refractivity contribution in [1.29, 1.82) is 0 Å². The van der Waals surface area contributed by atoms with Crippen LogP contribution in [-0.2, 0) is 11.6 Å². The quantitative estimate of drug-likeness (QED) is 0.140. The van der Waals surface area contributed by atoms with Gasteiger partial charge in [-0.2, -0.15) is 13.2 Å². The maximum Gasteiger partial charge on any atom is 0.416 e. The molecule has 0 aliphatic carbocycles. The molecule has 0 radical (unpaired) electrons. The smallest absolute Gasteiger partial charge is 0.207 e. The Morgan fingerprint density at radius 1 is 0.209 bits per heavy atom. The molecule has 0 fully saturated rings. The first-order valence-electron chi connectivity index (χ1n) is 40.1. The Balaban J connectivity index is 0.000000620. The summed E-state index contributed by atoms with van der Waals surface area (Å²) in [5, 5.41) is 0. The van der Waals surface area contributed by atoms with E-state index in [2.05, 4.69) is 293 Å². The van der Waals surface area contributed by atoms with Gasteiger partial charge in [0.25, 0.3) is 0 Å². The van der Waals surface area contributed by atoms with Gasteiger partial charge in [0.2, 0.25) is 0 Å². The fraction of sp³-hybridized carbons (Fsp3) is 0.481. The van der Waals surface area contributed by atoms with E-state index in [1.807, 2.05) is 61.5 Å². The molecule has 0 nitrogen and oxygen atoms in total. The molecule has 0 aliphatic heterocycles. The molecule has 0 atom stereocenters. The molecule has 0 saturated carbocycles. The molecule has 606 valence electrons. The predicted octanol–water partition coefficient (Wildman–Crippen LogP) is 33.2. The number of hydrogen-bond acceptors (Lipinski definition) is 0. The van der Waals surface area contributed by atoms with Gasteiger partial charge >= 0.3 is 6.18 Å². The largest absolute Gasteiger partial charge is 0.416 e. The summed E-state index contributed by atoms with van der Waals surface area (Å²) < 4.78 is 77.8. The Bertz CT molecular complexity index is 3980. The SMILES string of the molecule is Cc1cc(C(C)(C)C)cc(F)c1C.Cc1cc(C(C)C)cc(C(F)(F)F)c1C.Cc1cc(C(C)C)cc(C)c1C.Cc1cc(C(C)C)cc(C)c1C.Cc1cc(C(C)C)cc(F)c1C.Cc1cc(C(C)C)cc(F)c1C.Cc1cc(C)c(C)c(C(C)C)c1.Cc1cc(C)c(C)c(C(C)C)c1.Cc1cc(C)c(C)c(C)c1. The zero-order valence-corrected chi connectivity index (χ0v) is 76.7. The Labute approximate surface area is 669 Å². The van der Waals surface area contributed by atoms with Gasteiger partial charge in [0.1, 0.15) is 17.5 Å². The summed E-state index contributed by atoms with van der Waals surface area (Å²) in [7, 11) is 0. The summed E-state index contributed by atoms with van der Waals surface area (Å²) in [6, 6.07) is 36.9. The van der Waals surface area contributed by atoms with Crippen LogP contribution in [0.4, 0.5) is 26.3 Å². The molecule has 0 aliphatic rings. The number of alkyl halides is 3. The first-order valence-corrected chi connectivity index (χ1v) is 40.1. The van der Waals surface area contributed by atoms with Crippen molar-refractivity contribution in [1.82, 2.24) is 0 Å². The number of aryl methyl sites for hydroxylation is 15. The third-order valence-electron chi connectivity index (χ3n) is 22.0. The second kappa shape index (κ2) is 44.7. The number of benzene rings is 9. The van der Waals surface area contributed by atoms with Crippen LogP contribution in [0.1, 0.15) is 343 Å². The minimum Gasteiger partial charge on any atom is -0.207 e. The van der Waals surface area contributed by atoms with E-state index in [1.54, 1.807) is 25.1 Å². The van der Waals surface area contributed by atoms with Crippen molar-refractivity contribution < 1.29 is 26.3 Å². The molecule has 0 spiro atoms. The molecule has 0 aromatic heterocycles. The van der Waals surface area contributed by atoms with Crippen molar-refractivity contribution in [3.8, 4) is 0 Å². The maximum absolute atomic E-state index is 13.4. The van der Waals surface area contributed by atoms with Gasteiger partial charge in [0, 0.05) is 0 Å². The molecule has 9 aromatic carbocycles. The molecule has 0 amide bonds. The standard InChI is InChI=1S/C12H15F3.C12H17F.4C12H18.2C11H15F.C10H14/c1-7(2)10-5-8(3)9(4)11(6-10)12(13,14)15;1-8-6-10(12(3,4)5)7-11(13)9(8)2;2*1-8(2)12-6-9(3)11(5)10(4)7-12;2*1-8(2)12-7-9(3)6-10(4)11(12)5;2*1-7(2)10-5-8(3)9(4)11(12)6-10;1-7-5-8(2)10(4)9(3)6-7/h5-7H,1-4H3;6-7H,1-5H3;4*6-8H,1-5H3;2*5-7H,1-4H3;5-6H,1-4H3. The lowest BCUT2D eigenvalue weighted by molar-refractivity contribution is -0.138. The Kier molecular flexibility index (Phi) is 40.9. The highest BCUT2D eigenvalue weighted by Gasteiger charge is 2.33. The van der Waals surface area contributed by atoms with Crippen LogP contribution in [0, 0.1) is 184 Å². The molecule has 9 aromatic rings. The molecule has 0 saturated heterocycles. The van der Waals surface area contributed by atoms with E-state index in [4.69, 9.17) is 0 Å². The number of hydrogen-bond donors (Lipinski definition) is 0. The molecule has 110 heavy (non-hydrogen) atoms. The lowest BCUT2D eigenvalue weighted by Crippen LogP contribution is -2.12. The van der Waals surface area contributed by atoms with Crippen molar-refractivity contribution in [3.05, 3.63) is 310 Å². The van der Waals surface area contributed by atoms with Crippen molar-refractivity contribution in [2.45, 2.75) is 337 Å². The van der Waals surface area contributed by atoms with Gasteiger partial charge in [-0.05, 0) is 399 Å². The van der Waals surface area contributed by atoms with Crippen LogP contribution in [0.2, 0.25) is 0 Å². The van der Waals surface area contributed by atoms with Crippen LogP contribution in [0.5, 0.6) is 0 Å². The van der Waals surface area contributed by atoms with E-state index in [9.17, 15) is 26.3 Å². The van der Waals surface area contributed by atoms with Crippen molar-refractivity contribution in [2.75, 3.05) is 0 Å². The van der Waals surface area contributed by atoms with Crippen molar-refractivity contribution in [2.24, 2.45) is 0 Å². The van der Waals surface area contributed by atoms with Crippen LogP contribution in [-0.4, -0.2) is 0 Å². The Morgan fingerprint density at radius 3 is 0.636 bits per heavy atom. The first kappa shape index (κ1) is 101. The van der Waals surface area contributed by atoms with E-state index >= 15 is 0 Å². The molecular weight excluding hydrogens is 1360 g/mol. The van der Waals surface area contributed by atoms with Crippen LogP contribution in [0.3, 0.4) is 0 Å². The molecular formula is C104H148F6. The third kappa shape index (κ3) is 32.0. The van der Waals surface area contributed by atoms with Gasteiger partial charge in [-0.3, -0.25) is 0 Å². The summed E-state index contributed by atoms with van der Waals surface area (Å²) >= 11 is 0. The van der Waals surface area contributed by atoms with E-state index in [0.717, 1.165) is 55.6 Å². The highest BCUT2D eigenvalue weighted by atomic mass is 19.4. The zero-order chi connectivity index (χ0) is 85.6. The highest BCUT2D eigenvalue weighted by molar-refractivity contribution is 5.44. The van der Waals surface area contributed by atoms with Crippen molar-refractivity contribution >= 4 is 0 Å². The fourth-order valence-electron chi connectivity index (χ4n) is 12.5. The van der Waals surface area contributed by atoms with E-state index < -0.39 is 11.7 Å². The van der Waals surface area contributed by atoms with Crippen LogP contribution < -0.4 is 0 Å². The lowest BCUT2D eigenvalue weighted by atomic mass is 9.85. The van der Waals surface area contributed by atoms with E-state index in [0.29, 0.717) is 46.6 Å². The van der Waals surface area contributed by atoms with Gasteiger partial charge in [0.15, 0.2) is 0 Å². The van der Waals surface area contributed by atoms with Gasteiger partial charge in [-0.15, -0.1) is 0 Å². The minimum atomic E-state index is -4.25. The summed E-state index contributed by atoms with van der Waals surface area (Å²) in [5.74, 6) is 3.23. The molecule has 0 N–H and O–H groups in total. The molecule has 0 bridgehead atoms.